The number of aromatic nitrogens is 4. The van der Waals surface area contributed by atoms with Crippen molar-refractivity contribution in [1.29, 1.82) is 0 Å². The van der Waals surface area contributed by atoms with Crippen LogP contribution in [0.4, 0.5) is 0 Å². The molecule has 0 fully saturated rings. The van der Waals surface area contributed by atoms with Gasteiger partial charge in [-0.1, -0.05) is 6.92 Å². The van der Waals surface area contributed by atoms with Crippen molar-refractivity contribution in [2.24, 2.45) is 0 Å². The Balaban J connectivity index is 2.26. The van der Waals surface area contributed by atoms with Gasteiger partial charge in [-0.15, -0.1) is 0 Å². The third-order valence-corrected chi connectivity index (χ3v) is 3.50. The Labute approximate surface area is 113 Å². The zero-order valence-corrected chi connectivity index (χ0v) is 12.1. The van der Waals surface area contributed by atoms with E-state index >= 15 is 0 Å². The van der Waals surface area contributed by atoms with Gasteiger partial charge in [-0.2, -0.15) is 10.2 Å². The van der Waals surface area contributed by atoms with Crippen LogP contribution in [0.1, 0.15) is 48.9 Å². The van der Waals surface area contributed by atoms with Gasteiger partial charge in [0.15, 0.2) is 0 Å². The van der Waals surface area contributed by atoms with Crippen LogP contribution in [-0.2, 0) is 13.1 Å². The van der Waals surface area contributed by atoms with Gasteiger partial charge in [-0.05, 0) is 27.2 Å². The maximum absolute atomic E-state index is 10.0. The van der Waals surface area contributed by atoms with E-state index in [9.17, 15) is 5.11 Å². The van der Waals surface area contributed by atoms with Crippen molar-refractivity contribution >= 4 is 0 Å². The van der Waals surface area contributed by atoms with Crippen molar-refractivity contribution in [1.82, 2.24) is 19.6 Å². The van der Waals surface area contributed by atoms with Gasteiger partial charge >= 0.3 is 0 Å². The molecule has 0 bridgehead atoms. The van der Waals surface area contributed by atoms with Gasteiger partial charge < -0.3 is 5.11 Å². The minimum Gasteiger partial charge on any atom is -0.388 e. The zero-order chi connectivity index (χ0) is 14.0. The Hall–Kier alpha value is -1.62. The van der Waals surface area contributed by atoms with Gasteiger partial charge in [0.05, 0.1) is 24.5 Å². The SMILES string of the molecule is CCC(O)c1c(C)nn(Cc2cnn(CC)c2)c1C. The van der Waals surface area contributed by atoms with Crippen LogP contribution < -0.4 is 0 Å². The van der Waals surface area contributed by atoms with E-state index in [-0.39, 0.29) is 0 Å². The summed E-state index contributed by atoms with van der Waals surface area (Å²) in [6.45, 7) is 9.58. The number of hydrogen-bond donors (Lipinski definition) is 1. The quantitative estimate of drug-likeness (QED) is 0.898. The smallest absolute Gasteiger partial charge is 0.0823 e. The summed E-state index contributed by atoms with van der Waals surface area (Å²) < 4.78 is 3.85. The van der Waals surface area contributed by atoms with Crippen molar-refractivity contribution in [3.05, 3.63) is 34.9 Å². The molecule has 1 N–H and O–H groups in total. The average molecular weight is 262 g/mol. The monoisotopic (exact) mass is 262 g/mol. The summed E-state index contributed by atoms with van der Waals surface area (Å²) in [6, 6.07) is 0. The van der Waals surface area contributed by atoms with Crippen molar-refractivity contribution in [2.75, 3.05) is 0 Å². The predicted octanol–water partition coefficient (Wildman–Crippen LogP) is 2.21. The van der Waals surface area contributed by atoms with Crippen molar-refractivity contribution < 1.29 is 5.11 Å². The number of nitrogens with zero attached hydrogens (tertiary/aromatic N) is 4. The molecule has 0 saturated heterocycles. The maximum atomic E-state index is 10.0. The highest BCUT2D eigenvalue weighted by Gasteiger charge is 2.17. The molecule has 1 atom stereocenters. The molecule has 0 aromatic carbocycles. The number of hydrogen-bond acceptors (Lipinski definition) is 3. The molecule has 104 valence electrons. The fourth-order valence-electron chi connectivity index (χ4n) is 2.39. The van der Waals surface area contributed by atoms with Crippen LogP contribution in [0.15, 0.2) is 12.4 Å². The first-order valence-electron chi connectivity index (χ1n) is 6.80. The second kappa shape index (κ2) is 5.57. The van der Waals surface area contributed by atoms with Gasteiger partial charge in [0, 0.05) is 29.6 Å². The Kier molecular flexibility index (Phi) is 4.04. The number of aryl methyl sites for hydroxylation is 2. The van der Waals surface area contributed by atoms with Crippen LogP contribution in [0.25, 0.3) is 0 Å². The highest BCUT2D eigenvalue weighted by atomic mass is 16.3. The van der Waals surface area contributed by atoms with Crippen LogP contribution in [0.3, 0.4) is 0 Å². The van der Waals surface area contributed by atoms with Gasteiger partial charge in [0.1, 0.15) is 0 Å². The summed E-state index contributed by atoms with van der Waals surface area (Å²) in [4.78, 5) is 0. The highest BCUT2D eigenvalue weighted by molar-refractivity contribution is 5.27. The normalized spacial score (nSPS) is 12.9. The summed E-state index contributed by atoms with van der Waals surface area (Å²) in [6.07, 6.45) is 4.19. The van der Waals surface area contributed by atoms with E-state index in [0.29, 0.717) is 13.0 Å². The van der Waals surface area contributed by atoms with Crippen LogP contribution in [-0.4, -0.2) is 24.7 Å². The average Bonchev–Trinajstić information content (AvgIpc) is 2.95. The van der Waals surface area contributed by atoms with Gasteiger partial charge in [-0.25, -0.2) is 0 Å². The fraction of sp³-hybridized carbons (Fsp3) is 0.571. The zero-order valence-electron chi connectivity index (χ0n) is 12.1. The first-order valence-corrected chi connectivity index (χ1v) is 6.80. The summed E-state index contributed by atoms with van der Waals surface area (Å²) in [5, 5.41) is 18.8. The van der Waals surface area contributed by atoms with E-state index in [1.54, 1.807) is 0 Å². The molecule has 0 aliphatic rings. The van der Waals surface area contributed by atoms with Crippen molar-refractivity contribution in [2.45, 2.75) is 53.3 Å². The molecule has 0 saturated carbocycles. The minimum absolute atomic E-state index is 0.424. The van der Waals surface area contributed by atoms with Crippen LogP contribution in [0.5, 0.6) is 0 Å². The van der Waals surface area contributed by atoms with Crippen LogP contribution >= 0.6 is 0 Å². The Morgan fingerprint density at radius 2 is 2.05 bits per heavy atom. The molecular formula is C14H22N4O. The Morgan fingerprint density at radius 3 is 2.63 bits per heavy atom. The lowest BCUT2D eigenvalue weighted by Gasteiger charge is -2.08. The minimum atomic E-state index is -0.424. The Bertz CT molecular complexity index is 556. The second-order valence-electron chi connectivity index (χ2n) is 4.87. The third-order valence-electron chi connectivity index (χ3n) is 3.50. The maximum Gasteiger partial charge on any atom is 0.0823 e. The molecule has 5 heteroatoms. The molecule has 5 nitrogen and oxygen atoms in total. The van der Waals surface area contributed by atoms with Crippen molar-refractivity contribution in [3.63, 3.8) is 0 Å². The number of rotatable bonds is 5. The molecule has 2 heterocycles. The molecule has 0 aliphatic heterocycles. The lowest BCUT2D eigenvalue weighted by atomic mass is 10.1. The summed E-state index contributed by atoms with van der Waals surface area (Å²) in [5.41, 5.74) is 4.04. The summed E-state index contributed by atoms with van der Waals surface area (Å²) in [5.74, 6) is 0. The van der Waals surface area contributed by atoms with E-state index in [0.717, 1.165) is 29.1 Å². The largest absolute Gasteiger partial charge is 0.388 e. The van der Waals surface area contributed by atoms with Gasteiger partial charge in [0.25, 0.3) is 0 Å². The van der Waals surface area contributed by atoms with Crippen LogP contribution in [0, 0.1) is 13.8 Å². The predicted molar refractivity (Wildman–Crippen MR) is 74.0 cm³/mol. The summed E-state index contributed by atoms with van der Waals surface area (Å²) in [7, 11) is 0. The number of aliphatic hydroxyl groups excluding tert-OH is 1. The second-order valence-corrected chi connectivity index (χ2v) is 4.87. The molecule has 19 heavy (non-hydrogen) atoms. The molecule has 2 aromatic rings. The van der Waals surface area contributed by atoms with Crippen LogP contribution in [0.2, 0.25) is 0 Å². The topological polar surface area (TPSA) is 55.9 Å². The van der Waals surface area contributed by atoms with Crippen molar-refractivity contribution in [3.8, 4) is 0 Å². The van der Waals surface area contributed by atoms with Gasteiger partial charge in [0.2, 0.25) is 0 Å². The van der Waals surface area contributed by atoms with Gasteiger partial charge in [-0.3, -0.25) is 9.36 Å². The molecule has 2 rings (SSSR count). The molecular weight excluding hydrogens is 240 g/mol. The third kappa shape index (κ3) is 2.71. The molecule has 0 radical (unpaired) electrons. The van der Waals surface area contributed by atoms with E-state index < -0.39 is 6.10 Å². The molecule has 2 aromatic heterocycles. The molecule has 1 unspecified atom stereocenters. The fourth-order valence-corrected chi connectivity index (χ4v) is 2.39. The lowest BCUT2D eigenvalue weighted by molar-refractivity contribution is 0.172. The van der Waals surface area contributed by atoms with E-state index in [2.05, 4.69) is 17.1 Å². The lowest BCUT2D eigenvalue weighted by Crippen LogP contribution is -2.05. The number of aliphatic hydroxyl groups is 1. The highest BCUT2D eigenvalue weighted by Crippen LogP contribution is 2.24. The van der Waals surface area contributed by atoms with E-state index in [1.807, 2.05) is 42.5 Å². The van der Waals surface area contributed by atoms with E-state index in [1.165, 1.54) is 0 Å². The first-order chi connectivity index (χ1) is 9.06. The molecule has 0 amide bonds. The first kappa shape index (κ1) is 13.8. The Morgan fingerprint density at radius 1 is 1.32 bits per heavy atom. The standard InChI is InChI=1S/C14H22N4O/c1-5-13(19)14-10(3)16-18(11(14)4)9-12-7-15-17(6-2)8-12/h7-8,13,19H,5-6,9H2,1-4H3. The van der Waals surface area contributed by atoms with E-state index in [4.69, 9.17) is 0 Å². The summed E-state index contributed by atoms with van der Waals surface area (Å²) >= 11 is 0. The molecule has 0 aliphatic carbocycles. The molecule has 0 spiro atoms.